The van der Waals surface area contributed by atoms with Crippen molar-refractivity contribution in [3.8, 4) is 0 Å². The standard InChI is InChI=1S/C12H27N/c1-9-13(10(2)3)12(7,8)11(4,5)6/h10H,9H2,1-8H3. The van der Waals surface area contributed by atoms with Crippen molar-refractivity contribution >= 4 is 0 Å². The van der Waals surface area contributed by atoms with Gasteiger partial charge in [-0.15, -0.1) is 0 Å². The van der Waals surface area contributed by atoms with E-state index in [0.29, 0.717) is 11.5 Å². The van der Waals surface area contributed by atoms with Crippen molar-refractivity contribution in [1.29, 1.82) is 0 Å². The molecule has 0 aliphatic carbocycles. The predicted octanol–water partition coefficient (Wildman–Crippen LogP) is 3.54. The van der Waals surface area contributed by atoms with Crippen LogP contribution in [-0.2, 0) is 0 Å². The van der Waals surface area contributed by atoms with Crippen LogP contribution in [0.1, 0.15) is 55.4 Å². The second kappa shape index (κ2) is 4.00. The van der Waals surface area contributed by atoms with Crippen molar-refractivity contribution in [2.24, 2.45) is 5.41 Å². The highest BCUT2D eigenvalue weighted by Gasteiger charge is 2.38. The van der Waals surface area contributed by atoms with Gasteiger partial charge in [0.15, 0.2) is 0 Å². The second-order valence-electron chi connectivity index (χ2n) is 5.69. The van der Waals surface area contributed by atoms with Crippen molar-refractivity contribution in [1.82, 2.24) is 4.90 Å². The largest absolute Gasteiger partial charge is 0.296 e. The van der Waals surface area contributed by atoms with Crippen LogP contribution in [0.2, 0.25) is 0 Å². The molecule has 0 N–H and O–H groups in total. The fraction of sp³-hybridized carbons (Fsp3) is 1.00. The van der Waals surface area contributed by atoms with Crippen molar-refractivity contribution < 1.29 is 0 Å². The molecule has 0 aliphatic rings. The summed E-state index contributed by atoms with van der Waals surface area (Å²) >= 11 is 0. The van der Waals surface area contributed by atoms with E-state index in [9.17, 15) is 0 Å². The Bertz CT molecular complexity index is 151. The lowest BCUT2D eigenvalue weighted by atomic mass is 9.74. The highest BCUT2D eigenvalue weighted by atomic mass is 15.2. The molecule has 0 unspecified atom stereocenters. The van der Waals surface area contributed by atoms with Gasteiger partial charge >= 0.3 is 0 Å². The van der Waals surface area contributed by atoms with E-state index >= 15 is 0 Å². The highest BCUT2D eigenvalue weighted by molar-refractivity contribution is 4.93. The minimum Gasteiger partial charge on any atom is -0.296 e. The molecule has 0 atom stereocenters. The molecule has 0 aromatic rings. The first kappa shape index (κ1) is 13.0. The van der Waals surface area contributed by atoms with Crippen molar-refractivity contribution in [2.75, 3.05) is 6.54 Å². The molecule has 13 heavy (non-hydrogen) atoms. The van der Waals surface area contributed by atoms with Gasteiger partial charge in [-0.1, -0.05) is 27.7 Å². The van der Waals surface area contributed by atoms with Gasteiger partial charge in [0.2, 0.25) is 0 Å². The van der Waals surface area contributed by atoms with Gasteiger partial charge in [0.05, 0.1) is 0 Å². The molecular weight excluding hydrogens is 158 g/mol. The molecule has 0 heterocycles. The smallest absolute Gasteiger partial charge is 0.0204 e. The molecule has 0 aromatic heterocycles. The molecule has 0 saturated heterocycles. The van der Waals surface area contributed by atoms with Gasteiger partial charge in [0.25, 0.3) is 0 Å². The number of nitrogens with zero attached hydrogens (tertiary/aromatic N) is 1. The van der Waals surface area contributed by atoms with E-state index in [4.69, 9.17) is 0 Å². The van der Waals surface area contributed by atoms with E-state index in [0.717, 1.165) is 6.54 Å². The highest BCUT2D eigenvalue weighted by Crippen LogP contribution is 2.35. The average molecular weight is 185 g/mol. The monoisotopic (exact) mass is 185 g/mol. The Hall–Kier alpha value is -0.0400. The molecule has 0 amide bonds. The molecule has 0 aliphatic heterocycles. The Kier molecular flexibility index (Phi) is 3.98. The van der Waals surface area contributed by atoms with Gasteiger partial charge < -0.3 is 0 Å². The molecule has 0 bridgehead atoms. The maximum atomic E-state index is 2.56. The third-order valence-electron chi connectivity index (χ3n) is 3.52. The zero-order valence-electron chi connectivity index (χ0n) is 10.7. The first-order valence-electron chi connectivity index (χ1n) is 5.41. The van der Waals surface area contributed by atoms with E-state index in [-0.39, 0.29) is 5.54 Å². The zero-order valence-corrected chi connectivity index (χ0v) is 10.7. The van der Waals surface area contributed by atoms with E-state index in [1.165, 1.54) is 0 Å². The summed E-state index contributed by atoms with van der Waals surface area (Å²) in [5, 5.41) is 0. The van der Waals surface area contributed by atoms with Crippen LogP contribution in [0.4, 0.5) is 0 Å². The van der Waals surface area contributed by atoms with Gasteiger partial charge in [0.1, 0.15) is 0 Å². The van der Waals surface area contributed by atoms with Gasteiger partial charge in [-0.05, 0) is 39.7 Å². The molecule has 1 nitrogen and oxygen atoms in total. The summed E-state index contributed by atoms with van der Waals surface area (Å²) in [5.74, 6) is 0. The van der Waals surface area contributed by atoms with Crippen molar-refractivity contribution in [3.05, 3.63) is 0 Å². The topological polar surface area (TPSA) is 3.24 Å². The van der Waals surface area contributed by atoms with Crippen LogP contribution in [0.5, 0.6) is 0 Å². The molecular formula is C12H27N. The van der Waals surface area contributed by atoms with Crippen LogP contribution in [0.25, 0.3) is 0 Å². The quantitative estimate of drug-likeness (QED) is 0.650. The Balaban J connectivity index is 4.78. The first-order valence-corrected chi connectivity index (χ1v) is 5.41. The lowest BCUT2D eigenvalue weighted by Gasteiger charge is -2.49. The second-order valence-corrected chi connectivity index (χ2v) is 5.69. The fourth-order valence-corrected chi connectivity index (χ4v) is 1.84. The lowest BCUT2D eigenvalue weighted by molar-refractivity contribution is 0.00292. The van der Waals surface area contributed by atoms with Crippen molar-refractivity contribution in [2.45, 2.75) is 67.0 Å². The van der Waals surface area contributed by atoms with Gasteiger partial charge in [-0.2, -0.15) is 0 Å². The van der Waals surface area contributed by atoms with Gasteiger partial charge in [-0.3, -0.25) is 4.90 Å². The molecule has 0 aromatic carbocycles. The summed E-state index contributed by atoms with van der Waals surface area (Å²) in [6, 6.07) is 0.624. The average Bonchev–Trinajstić information content (AvgIpc) is 1.83. The molecule has 1 heteroatoms. The van der Waals surface area contributed by atoms with E-state index in [1.54, 1.807) is 0 Å². The minimum absolute atomic E-state index is 0.260. The maximum Gasteiger partial charge on any atom is 0.0204 e. The predicted molar refractivity (Wildman–Crippen MR) is 61.1 cm³/mol. The zero-order chi connectivity index (χ0) is 10.9. The van der Waals surface area contributed by atoms with E-state index < -0.39 is 0 Å². The van der Waals surface area contributed by atoms with Gasteiger partial charge in [-0.25, -0.2) is 0 Å². The molecule has 80 valence electrons. The molecule has 0 spiro atoms. The van der Waals surface area contributed by atoms with Crippen LogP contribution in [-0.4, -0.2) is 23.0 Å². The normalized spacial score (nSPS) is 14.3. The summed E-state index contributed by atoms with van der Waals surface area (Å²) in [6.45, 7) is 19.6. The Morgan fingerprint density at radius 3 is 1.46 bits per heavy atom. The molecule has 0 fully saturated rings. The van der Waals surface area contributed by atoms with E-state index in [2.05, 4.69) is 60.3 Å². The number of rotatable bonds is 3. The van der Waals surface area contributed by atoms with Crippen LogP contribution < -0.4 is 0 Å². The Morgan fingerprint density at radius 1 is 1.00 bits per heavy atom. The summed E-state index contributed by atoms with van der Waals surface area (Å²) in [4.78, 5) is 2.56. The fourth-order valence-electron chi connectivity index (χ4n) is 1.84. The van der Waals surface area contributed by atoms with Crippen LogP contribution >= 0.6 is 0 Å². The summed E-state index contributed by atoms with van der Waals surface area (Å²) in [5.41, 5.74) is 0.587. The molecule has 0 radical (unpaired) electrons. The third kappa shape index (κ3) is 2.70. The van der Waals surface area contributed by atoms with E-state index in [1.807, 2.05) is 0 Å². The Labute approximate surface area is 84.5 Å². The maximum absolute atomic E-state index is 2.56. The lowest BCUT2D eigenvalue weighted by Crippen LogP contribution is -2.55. The van der Waals surface area contributed by atoms with Crippen LogP contribution in [0.15, 0.2) is 0 Å². The Morgan fingerprint density at radius 2 is 1.38 bits per heavy atom. The summed E-state index contributed by atoms with van der Waals surface area (Å²) in [6.07, 6.45) is 0. The molecule has 0 rings (SSSR count). The number of hydrogen-bond donors (Lipinski definition) is 0. The summed E-state index contributed by atoms with van der Waals surface area (Å²) in [7, 11) is 0. The third-order valence-corrected chi connectivity index (χ3v) is 3.52. The first-order chi connectivity index (χ1) is 5.64. The van der Waals surface area contributed by atoms with Gasteiger partial charge in [0, 0.05) is 11.6 Å². The molecule has 0 saturated carbocycles. The number of hydrogen-bond acceptors (Lipinski definition) is 1. The van der Waals surface area contributed by atoms with Crippen LogP contribution in [0, 0.1) is 5.41 Å². The van der Waals surface area contributed by atoms with Crippen LogP contribution in [0.3, 0.4) is 0 Å². The summed E-state index contributed by atoms with van der Waals surface area (Å²) < 4.78 is 0. The van der Waals surface area contributed by atoms with Crippen molar-refractivity contribution in [3.63, 3.8) is 0 Å². The SMILES string of the molecule is CCN(C(C)C)C(C)(C)C(C)(C)C. The minimum atomic E-state index is 0.260.